The SMILES string of the molecule is N#Cc1c(C(F)(F)F)cc(-c2ccccc2)nc1-c1ccc(F)cc1. The highest BCUT2D eigenvalue weighted by molar-refractivity contribution is 5.73. The summed E-state index contributed by atoms with van der Waals surface area (Å²) in [5.74, 6) is -0.530. The lowest BCUT2D eigenvalue weighted by Gasteiger charge is -2.14. The van der Waals surface area contributed by atoms with Crippen LogP contribution in [0.2, 0.25) is 0 Å². The van der Waals surface area contributed by atoms with E-state index in [1.54, 1.807) is 36.4 Å². The van der Waals surface area contributed by atoms with Gasteiger partial charge in [-0.1, -0.05) is 30.3 Å². The Kier molecular flexibility index (Phi) is 4.24. The van der Waals surface area contributed by atoms with E-state index in [1.807, 2.05) is 0 Å². The van der Waals surface area contributed by atoms with Crippen molar-refractivity contribution in [2.45, 2.75) is 6.18 Å². The third kappa shape index (κ3) is 3.36. The third-order valence-electron chi connectivity index (χ3n) is 3.62. The number of hydrogen-bond donors (Lipinski definition) is 0. The summed E-state index contributed by atoms with van der Waals surface area (Å²) >= 11 is 0. The standard InChI is InChI=1S/C19H10F4N2/c20-14-8-6-13(7-9-14)18-15(11-24)16(19(21,22)23)10-17(25-18)12-4-2-1-3-5-12/h1-10H. The Morgan fingerprint density at radius 3 is 2.08 bits per heavy atom. The molecule has 0 saturated heterocycles. The van der Waals surface area contributed by atoms with Crippen molar-refractivity contribution in [3.05, 3.63) is 77.6 Å². The van der Waals surface area contributed by atoms with E-state index in [9.17, 15) is 22.8 Å². The first-order valence-electron chi connectivity index (χ1n) is 7.24. The fourth-order valence-corrected chi connectivity index (χ4v) is 2.46. The van der Waals surface area contributed by atoms with Gasteiger partial charge in [-0.2, -0.15) is 18.4 Å². The molecule has 1 aromatic heterocycles. The summed E-state index contributed by atoms with van der Waals surface area (Å²) < 4.78 is 53.5. The minimum absolute atomic E-state index is 0.0891. The number of halogens is 4. The molecule has 6 heteroatoms. The van der Waals surface area contributed by atoms with Gasteiger partial charge >= 0.3 is 6.18 Å². The van der Waals surface area contributed by atoms with Crippen molar-refractivity contribution in [2.24, 2.45) is 0 Å². The highest BCUT2D eigenvalue weighted by Gasteiger charge is 2.36. The highest BCUT2D eigenvalue weighted by Crippen LogP contribution is 2.38. The van der Waals surface area contributed by atoms with Gasteiger partial charge in [-0.25, -0.2) is 9.37 Å². The Morgan fingerprint density at radius 1 is 0.880 bits per heavy atom. The molecule has 3 rings (SSSR count). The van der Waals surface area contributed by atoms with Crippen LogP contribution in [-0.2, 0) is 6.18 Å². The molecule has 0 fully saturated rings. The average molecular weight is 342 g/mol. The molecule has 0 saturated carbocycles. The molecule has 0 aliphatic heterocycles. The van der Waals surface area contributed by atoms with Crippen molar-refractivity contribution in [2.75, 3.05) is 0 Å². The number of pyridine rings is 1. The molecule has 0 spiro atoms. The molecule has 0 N–H and O–H groups in total. The van der Waals surface area contributed by atoms with E-state index < -0.39 is 23.1 Å². The minimum atomic E-state index is -4.72. The fourth-order valence-electron chi connectivity index (χ4n) is 2.46. The van der Waals surface area contributed by atoms with Crippen LogP contribution in [0.25, 0.3) is 22.5 Å². The van der Waals surface area contributed by atoms with Gasteiger partial charge in [0.2, 0.25) is 0 Å². The minimum Gasteiger partial charge on any atom is -0.246 e. The van der Waals surface area contributed by atoms with E-state index in [-0.39, 0.29) is 17.0 Å². The summed E-state index contributed by atoms with van der Waals surface area (Å²) in [7, 11) is 0. The Hall–Kier alpha value is -3.20. The molecule has 124 valence electrons. The highest BCUT2D eigenvalue weighted by atomic mass is 19.4. The Labute approximate surface area is 141 Å². The van der Waals surface area contributed by atoms with E-state index in [2.05, 4.69) is 4.98 Å². The van der Waals surface area contributed by atoms with Crippen LogP contribution in [0.5, 0.6) is 0 Å². The van der Waals surface area contributed by atoms with Gasteiger partial charge in [-0.15, -0.1) is 0 Å². The summed E-state index contributed by atoms with van der Waals surface area (Å²) in [5, 5.41) is 9.28. The molecule has 0 radical (unpaired) electrons. The summed E-state index contributed by atoms with van der Waals surface area (Å²) in [4.78, 5) is 4.24. The fraction of sp³-hybridized carbons (Fsp3) is 0.0526. The van der Waals surface area contributed by atoms with Crippen LogP contribution in [0.1, 0.15) is 11.1 Å². The molecule has 1 heterocycles. The first kappa shape index (κ1) is 16.7. The number of alkyl halides is 3. The molecule has 0 unspecified atom stereocenters. The molecule has 0 atom stereocenters. The molecular weight excluding hydrogens is 332 g/mol. The zero-order valence-corrected chi connectivity index (χ0v) is 12.7. The van der Waals surface area contributed by atoms with Crippen LogP contribution < -0.4 is 0 Å². The topological polar surface area (TPSA) is 36.7 Å². The normalized spacial score (nSPS) is 11.2. The quantitative estimate of drug-likeness (QED) is 0.581. The van der Waals surface area contributed by atoms with Crippen molar-refractivity contribution < 1.29 is 17.6 Å². The lowest BCUT2D eigenvalue weighted by atomic mass is 9.98. The second-order valence-corrected chi connectivity index (χ2v) is 5.26. The van der Waals surface area contributed by atoms with Crippen LogP contribution in [0.3, 0.4) is 0 Å². The van der Waals surface area contributed by atoms with Gasteiger partial charge in [0.25, 0.3) is 0 Å². The summed E-state index contributed by atoms with van der Waals surface area (Å²) in [6.45, 7) is 0. The number of hydrogen-bond acceptors (Lipinski definition) is 2. The number of aromatic nitrogens is 1. The monoisotopic (exact) mass is 342 g/mol. The van der Waals surface area contributed by atoms with E-state index in [4.69, 9.17) is 0 Å². The molecular formula is C19H10F4N2. The third-order valence-corrected chi connectivity index (χ3v) is 3.62. The molecule has 0 aliphatic carbocycles. The van der Waals surface area contributed by atoms with Crippen molar-refractivity contribution in [1.82, 2.24) is 4.98 Å². The molecule has 3 aromatic rings. The number of benzene rings is 2. The van der Waals surface area contributed by atoms with Crippen LogP contribution in [0.15, 0.2) is 60.7 Å². The summed E-state index contributed by atoms with van der Waals surface area (Å²) in [5.41, 5.74) is -0.966. The number of rotatable bonds is 2. The molecule has 0 aliphatic rings. The van der Waals surface area contributed by atoms with Crippen molar-refractivity contribution in [3.8, 4) is 28.6 Å². The molecule has 2 aromatic carbocycles. The molecule has 25 heavy (non-hydrogen) atoms. The first-order valence-corrected chi connectivity index (χ1v) is 7.24. The Morgan fingerprint density at radius 2 is 1.52 bits per heavy atom. The van der Waals surface area contributed by atoms with Gasteiger partial charge in [-0.3, -0.25) is 0 Å². The van der Waals surface area contributed by atoms with Crippen LogP contribution in [0, 0.1) is 17.1 Å². The maximum Gasteiger partial charge on any atom is 0.417 e. The Balaban J connectivity index is 2.32. The average Bonchev–Trinajstić information content (AvgIpc) is 2.61. The van der Waals surface area contributed by atoms with Gasteiger partial charge in [-0.05, 0) is 30.3 Å². The zero-order chi connectivity index (χ0) is 18.0. The summed E-state index contributed by atoms with van der Waals surface area (Å²) in [6, 6.07) is 15.6. The molecule has 0 bridgehead atoms. The second kappa shape index (κ2) is 6.36. The van der Waals surface area contributed by atoms with Crippen molar-refractivity contribution >= 4 is 0 Å². The molecule has 0 amide bonds. The predicted molar refractivity (Wildman–Crippen MR) is 84.8 cm³/mol. The first-order chi connectivity index (χ1) is 11.9. The van der Waals surface area contributed by atoms with E-state index >= 15 is 0 Å². The number of nitrogens with zero attached hydrogens (tertiary/aromatic N) is 2. The van der Waals surface area contributed by atoms with Crippen LogP contribution >= 0.6 is 0 Å². The van der Waals surface area contributed by atoms with Crippen LogP contribution in [-0.4, -0.2) is 4.98 Å². The zero-order valence-electron chi connectivity index (χ0n) is 12.7. The lowest BCUT2D eigenvalue weighted by Crippen LogP contribution is -2.10. The van der Waals surface area contributed by atoms with Gasteiger partial charge in [0.05, 0.1) is 22.5 Å². The maximum absolute atomic E-state index is 13.5. The van der Waals surface area contributed by atoms with E-state index in [0.717, 1.165) is 18.2 Å². The van der Waals surface area contributed by atoms with Gasteiger partial charge in [0.15, 0.2) is 0 Å². The van der Waals surface area contributed by atoms with Crippen molar-refractivity contribution in [3.63, 3.8) is 0 Å². The van der Waals surface area contributed by atoms with E-state index in [1.165, 1.54) is 12.1 Å². The second-order valence-electron chi connectivity index (χ2n) is 5.26. The van der Waals surface area contributed by atoms with Gasteiger partial charge in [0.1, 0.15) is 11.9 Å². The summed E-state index contributed by atoms with van der Waals surface area (Å²) in [6.07, 6.45) is -4.72. The maximum atomic E-state index is 13.5. The van der Waals surface area contributed by atoms with E-state index in [0.29, 0.717) is 5.56 Å². The largest absolute Gasteiger partial charge is 0.417 e. The Bertz CT molecular complexity index is 940. The van der Waals surface area contributed by atoms with Gasteiger partial charge < -0.3 is 0 Å². The lowest BCUT2D eigenvalue weighted by molar-refractivity contribution is -0.137. The smallest absolute Gasteiger partial charge is 0.246 e. The van der Waals surface area contributed by atoms with Crippen molar-refractivity contribution in [1.29, 1.82) is 5.26 Å². The van der Waals surface area contributed by atoms with Gasteiger partial charge in [0, 0.05) is 11.1 Å². The molecule has 2 nitrogen and oxygen atoms in total. The predicted octanol–water partition coefficient (Wildman–Crippen LogP) is 5.45. The number of nitriles is 1. The van der Waals surface area contributed by atoms with Crippen LogP contribution in [0.4, 0.5) is 17.6 Å².